The summed E-state index contributed by atoms with van der Waals surface area (Å²) in [4.78, 5) is 18.0. The van der Waals surface area contributed by atoms with Crippen LogP contribution in [-0.2, 0) is 4.79 Å². The molecule has 1 unspecified atom stereocenters. The van der Waals surface area contributed by atoms with E-state index >= 15 is 0 Å². The van der Waals surface area contributed by atoms with Gasteiger partial charge >= 0.3 is 5.97 Å². The zero-order chi connectivity index (χ0) is 13.1. The van der Waals surface area contributed by atoms with Crippen LogP contribution < -0.4 is 0 Å². The summed E-state index contributed by atoms with van der Waals surface area (Å²) in [5.41, 5.74) is 0. The molecule has 2 aliphatic heterocycles. The second-order valence-corrected chi connectivity index (χ2v) is 5.62. The highest BCUT2D eigenvalue weighted by molar-refractivity contribution is 5.72. The summed E-state index contributed by atoms with van der Waals surface area (Å²) in [6.45, 7) is 8.27. The smallest absolute Gasteiger partial charge is 0.320 e. The summed E-state index contributed by atoms with van der Waals surface area (Å²) in [5, 5.41) is 9.02. The molecule has 0 aromatic rings. The average molecular weight is 255 g/mol. The molecule has 0 saturated carbocycles. The van der Waals surface area contributed by atoms with Gasteiger partial charge in [-0.25, -0.2) is 0 Å². The maximum atomic E-state index is 11.0. The zero-order valence-electron chi connectivity index (χ0n) is 11.5. The summed E-state index contributed by atoms with van der Waals surface area (Å²) in [6, 6.07) is 0.328. The van der Waals surface area contributed by atoms with Crippen molar-refractivity contribution in [3.63, 3.8) is 0 Å². The number of nitrogens with zero attached hydrogens (tertiary/aromatic N) is 3. The average Bonchev–Trinajstić information content (AvgIpc) is 2.39. The van der Waals surface area contributed by atoms with Crippen LogP contribution in [0.2, 0.25) is 0 Å². The fourth-order valence-electron chi connectivity index (χ4n) is 2.98. The number of carboxylic acids is 1. The molecule has 18 heavy (non-hydrogen) atoms. The number of carbonyl (C=O) groups is 1. The van der Waals surface area contributed by atoms with Crippen LogP contribution in [0, 0.1) is 0 Å². The molecular formula is C13H25N3O2. The Morgan fingerprint density at radius 3 is 2.17 bits per heavy atom. The predicted octanol–water partition coefficient (Wildman–Crippen LogP) is 0.171. The molecule has 5 heteroatoms. The van der Waals surface area contributed by atoms with Crippen molar-refractivity contribution in [2.75, 3.05) is 46.3 Å². The van der Waals surface area contributed by atoms with Crippen LogP contribution in [0.25, 0.3) is 0 Å². The van der Waals surface area contributed by atoms with Crippen LogP contribution in [0.1, 0.15) is 19.8 Å². The van der Waals surface area contributed by atoms with Gasteiger partial charge in [-0.1, -0.05) is 0 Å². The molecule has 1 atom stereocenters. The van der Waals surface area contributed by atoms with Crippen molar-refractivity contribution in [2.24, 2.45) is 0 Å². The number of piperazine rings is 1. The first-order valence-corrected chi connectivity index (χ1v) is 6.97. The maximum Gasteiger partial charge on any atom is 0.320 e. The van der Waals surface area contributed by atoms with E-state index in [-0.39, 0.29) is 6.04 Å². The lowest BCUT2D eigenvalue weighted by Gasteiger charge is -2.42. The molecule has 0 radical (unpaired) electrons. The van der Waals surface area contributed by atoms with Gasteiger partial charge in [0, 0.05) is 45.3 Å². The molecule has 0 aliphatic carbocycles. The molecule has 5 nitrogen and oxygen atoms in total. The van der Waals surface area contributed by atoms with Crippen molar-refractivity contribution in [3.05, 3.63) is 0 Å². The molecule has 0 aromatic carbocycles. The number of carboxylic acid groups (broad SMARTS) is 1. The summed E-state index contributed by atoms with van der Waals surface area (Å²) >= 11 is 0. The van der Waals surface area contributed by atoms with E-state index in [2.05, 4.69) is 21.7 Å². The van der Waals surface area contributed by atoms with Crippen LogP contribution in [-0.4, -0.2) is 84.2 Å². The maximum absolute atomic E-state index is 11.0. The molecular weight excluding hydrogens is 230 g/mol. The van der Waals surface area contributed by atoms with Crippen LogP contribution in [0.5, 0.6) is 0 Å². The van der Waals surface area contributed by atoms with Crippen molar-refractivity contribution in [3.8, 4) is 0 Å². The van der Waals surface area contributed by atoms with Gasteiger partial charge in [-0.3, -0.25) is 14.6 Å². The Morgan fingerprint density at radius 1 is 1.11 bits per heavy atom. The first-order chi connectivity index (χ1) is 8.58. The van der Waals surface area contributed by atoms with E-state index < -0.39 is 5.97 Å². The Labute approximate surface area is 109 Å². The van der Waals surface area contributed by atoms with E-state index in [0.29, 0.717) is 6.04 Å². The Kier molecular flexibility index (Phi) is 4.59. The summed E-state index contributed by atoms with van der Waals surface area (Å²) in [7, 11) is 2.18. The Hall–Kier alpha value is -0.650. The molecule has 0 amide bonds. The highest BCUT2D eigenvalue weighted by atomic mass is 16.4. The van der Waals surface area contributed by atoms with E-state index in [1.54, 1.807) is 6.92 Å². The number of aliphatic carboxylic acids is 1. The standard InChI is InChI=1S/C13H25N3O2/c1-11(13(17)18)15-5-3-12(4-6-15)16-9-7-14(2)8-10-16/h11-12H,3-10H2,1-2H3,(H,17,18). The van der Waals surface area contributed by atoms with Crippen molar-refractivity contribution in [1.82, 2.24) is 14.7 Å². The molecule has 104 valence electrons. The number of likely N-dealkylation sites (N-methyl/N-ethyl adjacent to an activating group) is 1. The van der Waals surface area contributed by atoms with Gasteiger partial charge in [0.15, 0.2) is 0 Å². The molecule has 2 rings (SSSR count). The Bertz CT molecular complexity index is 282. The number of likely N-dealkylation sites (tertiary alicyclic amines) is 1. The van der Waals surface area contributed by atoms with E-state index in [9.17, 15) is 4.79 Å². The number of piperidine rings is 1. The fraction of sp³-hybridized carbons (Fsp3) is 0.923. The summed E-state index contributed by atoms with van der Waals surface area (Å²) in [6.07, 6.45) is 2.22. The molecule has 2 heterocycles. The molecule has 2 saturated heterocycles. The van der Waals surface area contributed by atoms with E-state index in [1.165, 1.54) is 0 Å². The third-order valence-electron chi connectivity index (χ3n) is 4.46. The van der Waals surface area contributed by atoms with Gasteiger partial charge in [-0.2, -0.15) is 0 Å². The molecule has 0 bridgehead atoms. The van der Waals surface area contributed by atoms with Gasteiger partial charge < -0.3 is 10.0 Å². The third kappa shape index (κ3) is 3.22. The molecule has 2 aliphatic rings. The third-order valence-corrected chi connectivity index (χ3v) is 4.46. The van der Waals surface area contributed by atoms with Crippen LogP contribution >= 0.6 is 0 Å². The predicted molar refractivity (Wildman–Crippen MR) is 70.8 cm³/mol. The number of hydrogen-bond acceptors (Lipinski definition) is 4. The fourth-order valence-corrected chi connectivity index (χ4v) is 2.98. The lowest BCUT2D eigenvalue weighted by atomic mass is 10.0. The zero-order valence-corrected chi connectivity index (χ0v) is 11.5. The molecule has 0 aromatic heterocycles. The van der Waals surface area contributed by atoms with Crippen molar-refractivity contribution in [2.45, 2.75) is 31.8 Å². The normalized spacial score (nSPS) is 27.2. The monoisotopic (exact) mass is 255 g/mol. The van der Waals surface area contributed by atoms with Gasteiger partial charge in [0.25, 0.3) is 0 Å². The quantitative estimate of drug-likeness (QED) is 0.779. The number of rotatable bonds is 3. The molecule has 2 fully saturated rings. The molecule has 0 spiro atoms. The van der Waals surface area contributed by atoms with Crippen LogP contribution in [0.15, 0.2) is 0 Å². The first-order valence-electron chi connectivity index (χ1n) is 6.97. The van der Waals surface area contributed by atoms with Crippen LogP contribution in [0.4, 0.5) is 0 Å². The second kappa shape index (κ2) is 5.99. The van der Waals surface area contributed by atoms with E-state index in [0.717, 1.165) is 52.1 Å². The topological polar surface area (TPSA) is 47.0 Å². The van der Waals surface area contributed by atoms with Gasteiger partial charge in [0.05, 0.1) is 0 Å². The van der Waals surface area contributed by atoms with E-state index in [1.807, 2.05) is 0 Å². The van der Waals surface area contributed by atoms with Gasteiger partial charge in [-0.05, 0) is 26.8 Å². The van der Waals surface area contributed by atoms with Crippen molar-refractivity contribution < 1.29 is 9.90 Å². The van der Waals surface area contributed by atoms with E-state index in [4.69, 9.17) is 5.11 Å². The minimum Gasteiger partial charge on any atom is -0.480 e. The summed E-state index contributed by atoms with van der Waals surface area (Å²) < 4.78 is 0. The Morgan fingerprint density at radius 2 is 1.67 bits per heavy atom. The minimum absolute atomic E-state index is 0.335. The first kappa shape index (κ1) is 13.8. The Balaban J connectivity index is 1.78. The SMILES string of the molecule is CC(C(=O)O)N1CCC(N2CCN(C)CC2)CC1. The minimum atomic E-state index is -0.701. The highest BCUT2D eigenvalue weighted by Gasteiger charge is 2.30. The van der Waals surface area contributed by atoms with Crippen molar-refractivity contribution in [1.29, 1.82) is 0 Å². The van der Waals surface area contributed by atoms with Crippen LogP contribution in [0.3, 0.4) is 0 Å². The highest BCUT2D eigenvalue weighted by Crippen LogP contribution is 2.19. The number of hydrogen-bond donors (Lipinski definition) is 1. The second-order valence-electron chi connectivity index (χ2n) is 5.62. The lowest BCUT2D eigenvalue weighted by molar-refractivity contribution is -0.143. The lowest BCUT2D eigenvalue weighted by Crippen LogP contribution is -2.54. The van der Waals surface area contributed by atoms with Gasteiger partial charge in [0.2, 0.25) is 0 Å². The summed E-state index contributed by atoms with van der Waals surface area (Å²) in [5.74, 6) is -0.701. The van der Waals surface area contributed by atoms with Crippen molar-refractivity contribution >= 4 is 5.97 Å². The van der Waals surface area contributed by atoms with Gasteiger partial charge in [0.1, 0.15) is 6.04 Å². The molecule has 1 N–H and O–H groups in total. The largest absolute Gasteiger partial charge is 0.480 e. The van der Waals surface area contributed by atoms with Gasteiger partial charge in [-0.15, -0.1) is 0 Å².